The van der Waals surface area contributed by atoms with Crippen LogP contribution < -0.4 is 14.9 Å². The van der Waals surface area contributed by atoms with Gasteiger partial charge in [-0.05, 0) is 123 Å². The minimum Gasteiger partial charge on any atom is -0.507 e. The second-order valence-corrected chi connectivity index (χ2v) is 24.6. The number of para-hydroxylation sites is 4. The molecule has 0 unspecified atom stereocenters. The predicted octanol–water partition coefficient (Wildman–Crippen LogP) is 34.3. The fourth-order valence-electron chi connectivity index (χ4n) is 12.4. The van der Waals surface area contributed by atoms with E-state index in [4.69, 9.17) is 19.5 Å². The summed E-state index contributed by atoms with van der Waals surface area (Å²) in [4.78, 5) is 54.3. The van der Waals surface area contributed by atoms with Crippen LogP contribution in [0.1, 0.15) is 219 Å². The smallest absolute Gasteiger partial charge is 0.488 e. The van der Waals surface area contributed by atoms with E-state index in [2.05, 4.69) is 0 Å². The van der Waals surface area contributed by atoms with E-state index in [0.29, 0.717) is 50.5 Å². The molecule has 14 rings (SSSR count). The zero-order valence-electron chi connectivity index (χ0n) is 85.7. The number of nitro benzene ring substituents is 5. The van der Waals surface area contributed by atoms with Crippen molar-refractivity contribution in [1.82, 2.24) is 0 Å². The summed E-state index contributed by atoms with van der Waals surface area (Å²) in [5.41, 5.74) is 17.9. The standard InChI is InChI=1S/C20H17NO3.C19H15NO3.C18H11NO3.C14H13NO2.C8H9NO2.C7H9BO2.13C2H6/c1-14-8-3-4-9-15(14)20-17(11-7-12-18(20)21(22)23)16-10-5-6-13-19(16)24-2;1-13-7-2-3-8-14(13)19-16(10-6-11-17(19)20(22)23)15-9-4-5-12-18(15)21;20-19(21)15-9-5-8-13-12-6-1-3-10-16(12)22-17-11-4-2-7-14(17)18(13)15;1-10-6-3-4-8-12(10)14-11(2)7-5-9-13(14)15(16)17;1-6-4-3-5-8(7(6)2)9(10)11;1-6-4-2-3-5-7(6)8(9)10;13*1-2/h3-13H,1-2H3;2-12,21H,1H3;1-11H;3-9H,1-2H3;3-5H,1-2H3;2-5,9-10H,1H3;13*1-2H3. The summed E-state index contributed by atoms with van der Waals surface area (Å²) in [6, 6.07) is 85.0. The van der Waals surface area contributed by atoms with Gasteiger partial charge in [0.15, 0.2) is 0 Å². The largest absolute Gasteiger partial charge is 0.507 e. The van der Waals surface area contributed by atoms with Crippen molar-refractivity contribution >= 4 is 41.0 Å². The molecule has 133 heavy (non-hydrogen) atoms. The fraction of sp³-hybridized carbons (Fsp3) is 0.304. The third kappa shape index (κ3) is 39.1. The highest BCUT2D eigenvalue weighted by Gasteiger charge is 2.29. The Balaban J connectivity index is -0.000000477. The number of hydrogen-bond donors (Lipinski definition) is 3. The number of nitrogens with zero attached hydrogens (tertiary/aromatic N) is 5. The van der Waals surface area contributed by atoms with Gasteiger partial charge < -0.3 is 24.6 Å². The average molecular weight is 1820 g/mol. The lowest BCUT2D eigenvalue weighted by Crippen LogP contribution is -2.31. The van der Waals surface area contributed by atoms with Gasteiger partial charge in [-0.25, -0.2) is 0 Å². The van der Waals surface area contributed by atoms with Crippen molar-refractivity contribution in [2.45, 2.75) is 228 Å². The maximum absolute atomic E-state index is 11.6. The summed E-state index contributed by atoms with van der Waals surface area (Å²) in [6.45, 7) is 65.2. The fourth-order valence-corrected chi connectivity index (χ4v) is 12.4. The highest BCUT2D eigenvalue weighted by molar-refractivity contribution is 6.59. The second-order valence-electron chi connectivity index (χ2n) is 24.6. The van der Waals surface area contributed by atoms with Crippen molar-refractivity contribution in [3.8, 4) is 101 Å². The molecule has 0 bridgehead atoms. The molecule has 1 aliphatic heterocycles. The van der Waals surface area contributed by atoms with E-state index in [1.54, 1.807) is 99.0 Å². The molecule has 718 valence electrons. The molecule has 0 spiro atoms. The Kier molecular flexibility index (Phi) is 73.0. The van der Waals surface area contributed by atoms with E-state index < -0.39 is 7.12 Å². The molecular formula is C112H152BN5O15. The summed E-state index contributed by atoms with van der Waals surface area (Å²) in [5, 5.41) is 83.7. The number of fused-ring (bicyclic) bond motifs is 5. The Morgan fingerprint density at radius 2 is 0.481 bits per heavy atom. The SMILES string of the molecule is CC.CC.CC.CC.CC.CC.CC.CC.CC.CC.CC.CC.CC.COc1ccccc1-c1cccc([N+](=O)[O-])c1-c1ccccc1C.Cc1cccc([N+](=O)[O-])c1C.Cc1ccccc1-c1c(-c2ccccc2O)cccc1[N+](=O)[O-].Cc1ccccc1-c1c(C)cccc1[N+](=O)[O-].Cc1ccccc1B(O)O.O=[N+]([O-])c1cccc2c1-c1ccccc1Oc1ccccc1-2. The number of phenolic OH excluding ortho intramolecular Hbond substituents is 1. The van der Waals surface area contributed by atoms with E-state index in [1.807, 2.05) is 404 Å². The van der Waals surface area contributed by atoms with Gasteiger partial charge in [0.1, 0.15) is 23.0 Å². The monoisotopic (exact) mass is 1820 g/mol. The molecule has 0 saturated carbocycles. The van der Waals surface area contributed by atoms with E-state index in [-0.39, 0.29) is 58.8 Å². The Morgan fingerprint density at radius 1 is 0.241 bits per heavy atom. The molecular weight excluding hydrogens is 1670 g/mol. The topological polar surface area (TPSA) is 295 Å². The molecule has 0 amide bonds. The third-order valence-electron chi connectivity index (χ3n) is 17.8. The van der Waals surface area contributed by atoms with E-state index in [1.165, 1.54) is 18.2 Å². The quantitative estimate of drug-likeness (QED) is 0.0582. The molecule has 20 nitrogen and oxygen atoms in total. The lowest BCUT2D eigenvalue weighted by Gasteiger charge is -2.15. The van der Waals surface area contributed by atoms with Crippen molar-refractivity contribution in [2.75, 3.05) is 7.11 Å². The highest BCUT2D eigenvalue weighted by atomic mass is 16.6. The molecule has 21 heteroatoms. The number of hydrogen-bond acceptors (Lipinski definition) is 15. The molecule has 1 heterocycles. The summed E-state index contributed by atoms with van der Waals surface area (Å²) in [7, 11) is 0.255. The van der Waals surface area contributed by atoms with Crippen LogP contribution in [-0.4, -0.2) is 54.0 Å². The molecule has 0 radical (unpaired) electrons. The number of rotatable bonds is 12. The molecule has 1 aliphatic rings. The lowest BCUT2D eigenvalue weighted by molar-refractivity contribution is -0.385. The van der Waals surface area contributed by atoms with Crippen molar-refractivity contribution in [3.63, 3.8) is 0 Å². The molecule has 0 aromatic heterocycles. The summed E-state index contributed by atoms with van der Waals surface area (Å²) >= 11 is 0. The number of aromatic hydroxyl groups is 1. The molecule has 0 saturated heterocycles. The van der Waals surface area contributed by atoms with Crippen LogP contribution in [0.25, 0.3) is 77.9 Å². The number of aryl methyl sites for hydroxylation is 6. The summed E-state index contributed by atoms with van der Waals surface area (Å²) in [6.07, 6.45) is 0. The second kappa shape index (κ2) is 76.0. The van der Waals surface area contributed by atoms with Gasteiger partial charge in [0.2, 0.25) is 0 Å². The minimum atomic E-state index is -1.35. The third-order valence-corrected chi connectivity index (χ3v) is 17.8. The maximum atomic E-state index is 11.6. The molecule has 13 aromatic rings. The van der Waals surface area contributed by atoms with Gasteiger partial charge >= 0.3 is 7.12 Å². The first-order chi connectivity index (χ1) is 64.4. The number of methoxy groups -OCH3 is 1. The molecule has 13 aromatic carbocycles. The summed E-state index contributed by atoms with van der Waals surface area (Å²) < 4.78 is 11.4. The van der Waals surface area contributed by atoms with Gasteiger partial charge in [-0.3, -0.25) is 50.6 Å². The average Bonchev–Trinajstić information content (AvgIpc) is 1.64. The molecule has 0 fully saturated rings. The zero-order valence-corrected chi connectivity index (χ0v) is 85.7. The first-order valence-electron chi connectivity index (χ1n) is 46.6. The van der Waals surface area contributed by atoms with Gasteiger partial charge in [-0.15, -0.1) is 0 Å². The van der Waals surface area contributed by atoms with Crippen molar-refractivity contribution in [2.24, 2.45) is 0 Å². The Morgan fingerprint density at radius 3 is 0.820 bits per heavy atom. The van der Waals surface area contributed by atoms with Crippen molar-refractivity contribution < 1.29 is 49.2 Å². The Hall–Kier alpha value is -13.8. The van der Waals surface area contributed by atoms with Crippen LogP contribution in [0.15, 0.2) is 285 Å². The lowest BCUT2D eigenvalue weighted by atomic mass is 9.77. The van der Waals surface area contributed by atoms with Crippen LogP contribution >= 0.6 is 0 Å². The first kappa shape index (κ1) is 128. The maximum Gasteiger partial charge on any atom is 0.488 e. The number of benzene rings is 13. The Labute approximate surface area is 796 Å². The normalized spacial score (nSPS) is 8.99. The van der Waals surface area contributed by atoms with Crippen LogP contribution in [0.2, 0.25) is 0 Å². The van der Waals surface area contributed by atoms with Crippen molar-refractivity contribution in [1.29, 1.82) is 0 Å². The van der Waals surface area contributed by atoms with Crippen LogP contribution in [0.5, 0.6) is 23.0 Å². The zero-order chi connectivity index (χ0) is 103. The van der Waals surface area contributed by atoms with E-state index >= 15 is 0 Å². The van der Waals surface area contributed by atoms with Gasteiger partial charge in [-0.2, -0.15) is 0 Å². The van der Waals surface area contributed by atoms with Crippen LogP contribution in [0, 0.1) is 99.0 Å². The van der Waals surface area contributed by atoms with Crippen LogP contribution in [0.3, 0.4) is 0 Å². The van der Waals surface area contributed by atoms with Gasteiger partial charge in [-0.1, -0.05) is 416 Å². The first-order valence-corrected chi connectivity index (χ1v) is 46.6. The molecule has 3 N–H and O–H groups in total. The van der Waals surface area contributed by atoms with Gasteiger partial charge in [0.25, 0.3) is 28.4 Å². The number of nitro groups is 5. The highest BCUT2D eigenvalue weighted by Crippen LogP contribution is 2.50. The van der Waals surface area contributed by atoms with Gasteiger partial charge in [0.05, 0.1) is 54.0 Å². The molecule has 0 atom stereocenters. The summed E-state index contributed by atoms with van der Waals surface area (Å²) in [5.74, 6) is 2.12. The number of ether oxygens (including phenoxy) is 2. The number of phenols is 1. The molecule has 0 aliphatic carbocycles. The van der Waals surface area contributed by atoms with Crippen LogP contribution in [-0.2, 0) is 0 Å². The van der Waals surface area contributed by atoms with Crippen LogP contribution in [0.4, 0.5) is 28.4 Å². The van der Waals surface area contributed by atoms with E-state index in [9.17, 15) is 55.7 Å². The minimum absolute atomic E-state index is 0.0278. The van der Waals surface area contributed by atoms with Crippen molar-refractivity contribution in [3.05, 3.63) is 375 Å². The Bertz CT molecular complexity index is 5440. The van der Waals surface area contributed by atoms with Gasteiger partial charge in [0, 0.05) is 74.8 Å². The van der Waals surface area contributed by atoms with E-state index in [0.717, 1.165) is 89.0 Å². The predicted molar refractivity (Wildman–Crippen MR) is 569 cm³/mol.